The fourth-order valence-electron chi connectivity index (χ4n) is 12.3. The summed E-state index contributed by atoms with van der Waals surface area (Å²) in [7, 11) is 0. The van der Waals surface area contributed by atoms with Gasteiger partial charge in [0.15, 0.2) is 0 Å². The van der Waals surface area contributed by atoms with Gasteiger partial charge in [0.05, 0.1) is 0 Å². The zero-order valence-electron chi connectivity index (χ0n) is 37.1. The molecular formula is C58H69ClN2S. The van der Waals surface area contributed by atoms with E-state index in [0.29, 0.717) is 12.1 Å². The summed E-state index contributed by atoms with van der Waals surface area (Å²) in [6, 6.07) is 37.8. The van der Waals surface area contributed by atoms with Gasteiger partial charge in [-0.1, -0.05) is 197 Å². The molecule has 2 saturated heterocycles. The second-order valence-corrected chi connectivity index (χ2v) is 20.4. The third kappa shape index (κ3) is 9.87. The van der Waals surface area contributed by atoms with Crippen molar-refractivity contribution in [1.82, 2.24) is 9.80 Å². The second kappa shape index (κ2) is 20.9. The molecule has 62 heavy (non-hydrogen) atoms. The standard InChI is InChI=1S/C58H68N2S.ClH/c1-3-15-43(16-4-1)39-51(59-35-31-49(32-36-59)57-53-23-11-7-19-45(53)27-28-46-20-8-12-24-54(46)57)41-61-42-52(40-44-17-5-2-6-18-44)60-37-33-50(34-38-60)58-55-25-13-9-21-47(55)29-30-48-22-10-14-26-56(48)58;/h7-14,19-30,43-44,51-52H,1-6,15-18,31-42H2;1H. The van der Waals surface area contributed by atoms with E-state index in [4.69, 9.17) is 0 Å². The van der Waals surface area contributed by atoms with Crippen LogP contribution in [0.4, 0.5) is 0 Å². The van der Waals surface area contributed by atoms with Crippen LogP contribution in [-0.4, -0.2) is 59.6 Å². The molecule has 0 amide bonds. The fraction of sp³-hybridized carbons (Fsp3) is 0.448. The zero-order chi connectivity index (χ0) is 40.8. The number of likely N-dealkylation sites (tertiary alicyclic amines) is 2. The van der Waals surface area contributed by atoms with Crippen molar-refractivity contribution in [2.24, 2.45) is 11.8 Å². The number of hydrogen-bond donors (Lipinski definition) is 0. The molecule has 2 atom stereocenters. The first-order valence-corrected chi connectivity index (χ1v) is 25.6. The van der Waals surface area contributed by atoms with Crippen molar-refractivity contribution in [2.45, 2.75) is 115 Å². The van der Waals surface area contributed by atoms with E-state index < -0.39 is 0 Å². The van der Waals surface area contributed by atoms with Gasteiger partial charge >= 0.3 is 0 Å². The van der Waals surface area contributed by atoms with E-state index in [1.165, 1.54) is 196 Å². The number of nitrogens with zero attached hydrogens (tertiary/aromatic N) is 2. The third-order valence-electron chi connectivity index (χ3n) is 15.6. The number of fused-ring (bicyclic) bond motifs is 4. The molecule has 6 aliphatic rings. The maximum Gasteiger partial charge on any atom is 0.0189 e. The number of rotatable bonds is 10. The summed E-state index contributed by atoms with van der Waals surface area (Å²) in [5.74, 6) is 4.41. The lowest BCUT2D eigenvalue weighted by Gasteiger charge is -2.40. The number of halogens is 1. The van der Waals surface area contributed by atoms with Crippen LogP contribution in [0, 0.1) is 11.8 Å². The van der Waals surface area contributed by atoms with E-state index in [1.807, 2.05) is 0 Å². The van der Waals surface area contributed by atoms with Crippen LogP contribution in [0.1, 0.15) is 147 Å². The highest BCUT2D eigenvalue weighted by Crippen LogP contribution is 2.42. The van der Waals surface area contributed by atoms with E-state index in [-0.39, 0.29) is 12.4 Å². The summed E-state index contributed by atoms with van der Waals surface area (Å²) in [6.07, 6.45) is 31.4. The summed E-state index contributed by atoms with van der Waals surface area (Å²) in [5.41, 5.74) is 17.5. The van der Waals surface area contributed by atoms with Crippen LogP contribution in [0.2, 0.25) is 0 Å². The van der Waals surface area contributed by atoms with E-state index in [1.54, 1.807) is 11.1 Å². The maximum absolute atomic E-state index is 2.96. The maximum atomic E-state index is 2.96. The largest absolute Gasteiger partial charge is 0.299 e. The minimum atomic E-state index is 0. The number of benzene rings is 4. The molecule has 2 unspecified atom stereocenters. The molecule has 2 saturated carbocycles. The number of hydrogen-bond acceptors (Lipinski definition) is 3. The van der Waals surface area contributed by atoms with Crippen LogP contribution in [-0.2, 0) is 0 Å². The molecule has 0 N–H and O–H groups in total. The minimum absolute atomic E-state index is 0. The van der Waals surface area contributed by atoms with Gasteiger partial charge in [0.25, 0.3) is 0 Å². The van der Waals surface area contributed by atoms with Crippen LogP contribution < -0.4 is 0 Å². The van der Waals surface area contributed by atoms with Crippen molar-refractivity contribution in [1.29, 1.82) is 0 Å². The van der Waals surface area contributed by atoms with Crippen molar-refractivity contribution in [3.8, 4) is 0 Å². The molecule has 0 aromatic heterocycles. The van der Waals surface area contributed by atoms with Gasteiger partial charge in [0.1, 0.15) is 0 Å². The first kappa shape index (κ1) is 43.6. The lowest BCUT2D eigenvalue weighted by atomic mass is 9.83. The van der Waals surface area contributed by atoms with Crippen molar-refractivity contribution in [3.05, 3.63) is 153 Å². The Balaban J connectivity index is 0.00000490. The smallest absolute Gasteiger partial charge is 0.0189 e. The Morgan fingerprint density at radius 2 is 0.726 bits per heavy atom. The topological polar surface area (TPSA) is 6.48 Å². The molecule has 0 bridgehead atoms. The molecule has 2 heterocycles. The molecule has 2 nitrogen and oxygen atoms in total. The average Bonchev–Trinajstić information content (AvgIpc) is 3.60. The Bertz CT molecular complexity index is 1990. The summed E-state index contributed by atoms with van der Waals surface area (Å²) in [5, 5.41) is 0. The van der Waals surface area contributed by atoms with Crippen molar-refractivity contribution in [2.75, 3.05) is 37.7 Å². The Morgan fingerprint density at radius 3 is 1.05 bits per heavy atom. The highest BCUT2D eigenvalue weighted by Gasteiger charge is 2.32. The average molecular weight is 862 g/mol. The van der Waals surface area contributed by atoms with Gasteiger partial charge in [-0.15, -0.1) is 12.4 Å². The Kier molecular flexibility index (Phi) is 14.7. The van der Waals surface area contributed by atoms with Crippen molar-refractivity contribution in [3.63, 3.8) is 0 Å². The lowest BCUT2D eigenvalue weighted by molar-refractivity contribution is 0.157. The van der Waals surface area contributed by atoms with E-state index in [2.05, 4.69) is 143 Å². The molecule has 0 radical (unpaired) electrons. The highest BCUT2D eigenvalue weighted by atomic mass is 35.5. The molecule has 4 aliphatic carbocycles. The molecule has 324 valence electrons. The Morgan fingerprint density at radius 1 is 0.419 bits per heavy atom. The molecular weight excluding hydrogens is 792 g/mol. The van der Waals surface area contributed by atoms with Gasteiger partial charge in [-0.25, -0.2) is 0 Å². The molecule has 0 spiro atoms. The molecule has 4 aromatic rings. The van der Waals surface area contributed by atoms with Gasteiger partial charge in [0, 0.05) is 49.8 Å². The van der Waals surface area contributed by atoms with Crippen LogP contribution >= 0.6 is 24.2 Å². The van der Waals surface area contributed by atoms with Crippen LogP contribution in [0.15, 0.2) is 108 Å². The Hall–Kier alpha value is -3.60. The monoisotopic (exact) mass is 860 g/mol. The third-order valence-corrected chi connectivity index (χ3v) is 16.9. The van der Waals surface area contributed by atoms with E-state index >= 15 is 0 Å². The summed E-state index contributed by atoms with van der Waals surface area (Å²) in [4.78, 5) is 5.93. The normalized spacial score (nSPS) is 20.9. The van der Waals surface area contributed by atoms with Crippen LogP contribution in [0.3, 0.4) is 0 Å². The number of piperidine rings is 2. The van der Waals surface area contributed by atoms with E-state index in [9.17, 15) is 0 Å². The van der Waals surface area contributed by atoms with Crippen molar-refractivity contribution < 1.29 is 0 Å². The van der Waals surface area contributed by atoms with E-state index in [0.717, 1.165) is 11.8 Å². The lowest BCUT2D eigenvalue weighted by Crippen LogP contribution is -2.44. The van der Waals surface area contributed by atoms with Gasteiger partial charge in [-0.3, -0.25) is 9.80 Å². The summed E-state index contributed by atoms with van der Waals surface area (Å²) >= 11 is 2.34. The first-order chi connectivity index (χ1) is 30.2. The highest BCUT2D eigenvalue weighted by molar-refractivity contribution is 7.99. The van der Waals surface area contributed by atoms with Gasteiger partial charge in [-0.05, 0) is 106 Å². The SMILES string of the molecule is C1=Cc2ccccc2C(=C2CCN(C(CSCC(CC3CCCCC3)N3CCC(=C4c5ccccc5C=Cc5ccccc54)CC3)CC3CCCCC3)CC2)c2ccccc21.Cl. The predicted molar refractivity (Wildman–Crippen MR) is 272 cm³/mol. The predicted octanol–water partition coefficient (Wildman–Crippen LogP) is 15.0. The molecule has 4 heteroatoms. The van der Waals surface area contributed by atoms with Crippen molar-refractivity contribution >= 4 is 59.6 Å². The van der Waals surface area contributed by atoms with Gasteiger partial charge < -0.3 is 0 Å². The van der Waals surface area contributed by atoms with Gasteiger partial charge in [-0.2, -0.15) is 11.8 Å². The summed E-state index contributed by atoms with van der Waals surface area (Å²) < 4.78 is 0. The fourth-order valence-corrected chi connectivity index (χ4v) is 13.7. The minimum Gasteiger partial charge on any atom is -0.299 e. The van der Waals surface area contributed by atoms with Gasteiger partial charge in [0.2, 0.25) is 0 Å². The molecule has 4 aromatic carbocycles. The summed E-state index contributed by atoms with van der Waals surface area (Å²) in [6.45, 7) is 4.80. The molecule has 4 fully saturated rings. The first-order valence-electron chi connectivity index (χ1n) is 24.5. The second-order valence-electron chi connectivity index (χ2n) is 19.4. The van der Waals surface area contributed by atoms with Crippen LogP contribution in [0.25, 0.3) is 35.5 Å². The Labute approximate surface area is 384 Å². The number of thioether (sulfide) groups is 1. The quantitative estimate of drug-likeness (QED) is 0.135. The molecule has 10 rings (SSSR count). The zero-order valence-corrected chi connectivity index (χ0v) is 38.8. The van der Waals surface area contributed by atoms with Crippen LogP contribution in [0.5, 0.6) is 0 Å². The molecule has 2 aliphatic heterocycles.